The summed E-state index contributed by atoms with van der Waals surface area (Å²) in [7, 11) is 0. The van der Waals surface area contributed by atoms with Crippen molar-refractivity contribution in [3.63, 3.8) is 0 Å². The molecule has 1 aromatic rings. The number of Topliss-reactive ketones (excluding diaryl/α,β-unsaturated/α-hetero) is 1. The van der Waals surface area contributed by atoms with Crippen LogP contribution < -0.4 is 4.74 Å². The van der Waals surface area contributed by atoms with E-state index in [2.05, 4.69) is 4.90 Å². The molecule has 2 N–H and O–H groups in total. The fourth-order valence-electron chi connectivity index (χ4n) is 2.43. The molecule has 0 aromatic heterocycles. The Hall–Kier alpha value is -1.43. The maximum Gasteiger partial charge on any atom is 0.159 e. The van der Waals surface area contributed by atoms with Crippen LogP contribution in [0.25, 0.3) is 0 Å². The first-order valence-corrected chi connectivity index (χ1v) is 7.37. The van der Waals surface area contributed by atoms with Gasteiger partial charge < -0.3 is 19.8 Å². The van der Waals surface area contributed by atoms with Gasteiger partial charge in [-0.05, 0) is 44.0 Å². The standard InChI is InChI=1S/C16H23NO4/c1-12(18)13-2-4-16(5-3-13)21-11-15(20)10-17-8-6-14(19)7-9-17/h2-5,14-15,19-20H,6-11H2,1H3. The van der Waals surface area contributed by atoms with Gasteiger partial charge in [-0.25, -0.2) is 0 Å². The molecule has 1 atom stereocenters. The van der Waals surface area contributed by atoms with Gasteiger partial charge in [0.05, 0.1) is 6.10 Å². The third-order valence-corrected chi connectivity index (χ3v) is 3.73. The Balaban J connectivity index is 1.73. The van der Waals surface area contributed by atoms with Crippen LogP contribution in [0.2, 0.25) is 0 Å². The van der Waals surface area contributed by atoms with Gasteiger partial charge in [-0.1, -0.05) is 0 Å². The molecular formula is C16H23NO4. The minimum atomic E-state index is -0.562. The van der Waals surface area contributed by atoms with E-state index >= 15 is 0 Å². The quantitative estimate of drug-likeness (QED) is 0.768. The number of aliphatic hydroxyl groups is 2. The number of hydrogen-bond acceptors (Lipinski definition) is 5. The van der Waals surface area contributed by atoms with E-state index in [1.807, 2.05) is 0 Å². The summed E-state index contributed by atoms with van der Waals surface area (Å²) >= 11 is 0. The molecule has 1 heterocycles. The Morgan fingerprint density at radius 3 is 2.52 bits per heavy atom. The van der Waals surface area contributed by atoms with E-state index in [9.17, 15) is 15.0 Å². The Morgan fingerprint density at radius 1 is 1.33 bits per heavy atom. The summed E-state index contributed by atoms with van der Waals surface area (Å²) < 4.78 is 5.53. The van der Waals surface area contributed by atoms with Crippen LogP contribution in [0.15, 0.2) is 24.3 Å². The predicted octanol–water partition coefficient (Wildman–Crippen LogP) is 1.09. The first-order chi connectivity index (χ1) is 10.0. The van der Waals surface area contributed by atoms with E-state index in [1.54, 1.807) is 24.3 Å². The molecule has 1 aliphatic heterocycles. The van der Waals surface area contributed by atoms with Crippen LogP contribution in [0.1, 0.15) is 30.1 Å². The number of benzene rings is 1. The lowest BCUT2D eigenvalue weighted by Gasteiger charge is -2.30. The van der Waals surface area contributed by atoms with Gasteiger partial charge in [-0.2, -0.15) is 0 Å². The number of piperidine rings is 1. The molecule has 2 rings (SSSR count). The number of ketones is 1. The van der Waals surface area contributed by atoms with Crippen molar-refractivity contribution in [2.24, 2.45) is 0 Å². The van der Waals surface area contributed by atoms with Gasteiger partial charge >= 0.3 is 0 Å². The predicted molar refractivity (Wildman–Crippen MR) is 79.6 cm³/mol. The molecule has 1 saturated heterocycles. The van der Waals surface area contributed by atoms with Crippen LogP contribution in [0.5, 0.6) is 5.75 Å². The number of ether oxygens (including phenoxy) is 1. The number of aliphatic hydroxyl groups excluding tert-OH is 2. The first-order valence-electron chi connectivity index (χ1n) is 7.37. The van der Waals surface area contributed by atoms with Gasteiger partial charge in [-0.15, -0.1) is 0 Å². The molecule has 21 heavy (non-hydrogen) atoms. The van der Waals surface area contributed by atoms with Gasteiger partial charge in [0.2, 0.25) is 0 Å². The van der Waals surface area contributed by atoms with Crippen LogP contribution in [0, 0.1) is 0 Å². The summed E-state index contributed by atoms with van der Waals surface area (Å²) in [5, 5.41) is 19.4. The SMILES string of the molecule is CC(=O)c1ccc(OCC(O)CN2CCC(O)CC2)cc1. The van der Waals surface area contributed by atoms with Crippen molar-refractivity contribution in [1.82, 2.24) is 4.90 Å². The van der Waals surface area contributed by atoms with Crippen LogP contribution in [0.4, 0.5) is 0 Å². The Bertz CT molecular complexity index is 452. The Labute approximate surface area is 125 Å². The third-order valence-electron chi connectivity index (χ3n) is 3.73. The van der Waals surface area contributed by atoms with E-state index in [1.165, 1.54) is 6.92 Å². The average molecular weight is 293 g/mol. The van der Waals surface area contributed by atoms with Crippen molar-refractivity contribution >= 4 is 5.78 Å². The molecule has 1 aromatic carbocycles. The van der Waals surface area contributed by atoms with Gasteiger partial charge in [0.25, 0.3) is 0 Å². The molecule has 0 saturated carbocycles. The molecule has 5 heteroatoms. The molecule has 0 spiro atoms. The van der Waals surface area contributed by atoms with Crippen LogP contribution >= 0.6 is 0 Å². The van der Waals surface area contributed by atoms with Crippen molar-refractivity contribution in [3.05, 3.63) is 29.8 Å². The second-order valence-electron chi connectivity index (χ2n) is 5.58. The van der Waals surface area contributed by atoms with Gasteiger partial charge in [-0.3, -0.25) is 4.79 Å². The number of likely N-dealkylation sites (tertiary alicyclic amines) is 1. The lowest BCUT2D eigenvalue weighted by Crippen LogP contribution is -2.41. The van der Waals surface area contributed by atoms with E-state index in [0.29, 0.717) is 17.9 Å². The smallest absolute Gasteiger partial charge is 0.159 e. The van der Waals surface area contributed by atoms with Gasteiger partial charge in [0.15, 0.2) is 5.78 Å². The number of hydrogen-bond donors (Lipinski definition) is 2. The Kier molecular flexibility index (Phi) is 5.73. The maximum absolute atomic E-state index is 11.2. The maximum atomic E-state index is 11.2. The fourth-order valence-corrected chi connectivity index (χ4v) is 2.43. The zero-order valence-corrected chi connectivity index (χ0v) is 12.4. The highest BCUT2D eigenvalue weighted by Gasteiger charge is 2.19. The highest BCUT2D eigenvalue weighted by molar-refractivity contribution is 5.94. The largest absolute Gasteiger partial charge is 0.491 e. The highest BCUT2D eigenvalue weighted by Crippen LogP contribution is 2.14. The summed E-state index contributed by atoms with van der Waals surface area (Å²) in [6.07, 6.45) is 0.766. The van der Waals surface area contributed by atoms with E-state index in [0.717, 1.165) is 25.9 Å². The zero-order valence-electron chi connectivity index (χ0n) is 12.4. The minimum absolute atomic E-state index is 0.0221. The van der Waals surface area contributed by atoms with E-state index < -0.39 is 6.10 Å². The van der Waals surface area contributed by atoms with Crippen molar-refractivity contribution in [2.45, 2.75) is 32.0 Å². The molecule has 1 aliphatic rings. The van der Waals surface area contributed by atoms with E-state index in [4.69, 9.17) is 4.74 Å². The number of carbonyl (C=O) groups excluding carboxylic acids is 1. The highest BCUT2D eigenvalue weighted by atomic mass is 16.5. The molecule has 0 aliphatic carbocycles. The number of β-amino-alcohol motifs (C(OH)–C–C–N with tert-alkyl or cyclic N) is 1. The summed E-state index contributed by atoms with van der Waals surface area (Å²) in [6.45, 7) is 3.92. The summed E-state index contributed by atoms with van der Waals surface area (Å²) in [5.74, 6) is 0.669. The van der Waals surface area contributed by atoms with Crippen LogP contribution in [-0.4, -0.2) is 59.3 Å². The van der Waals surface area contributed by atoms with Crippen molar-refractivity contribution < 1.29 is 19.7 Å². The molecule has 0 radical (unpaired) electrons. The number of nitrogens with zero attached hydrogens (tertiary/aromatic N) is 1. The van der Waals surface area contributed by atoms with Gasteiger partial charge in [0.1, 0.15) is 18.5 Å². The van der Waals surface area contributed by atoms with E-state index in [-0.39, 0.29) is 18.5 Å². The molecule has 0 bridgehead atoms. The van der Waals surface area contributed by atoms with Crippen LogP contribution in [-0.2, 0) is 0 Å². The molecule has 1 unspecified atom stereocenters. The number of rotatable bonds is 6. The third kappa shape index (κ3) is 5.12. The molecule has 116 valence electrons. The second kappa shape index (κ2) is 7.54. The molecular weight excluding hydrogens is 270 g/mol. The molecule has 1 fully saturated rings. The number of carbonyl (C=O) groups is 1. The minimum Gasteiger partial charge on any atom is -0.491 e. The van der Waals surface area contributed by atoms with Gasteiger partial charge in [0, 0.05) is 25.2 Å². The average Bonchev–Trinajstić information content (AvgIpc) is 2.48. The zero-order chi connectivity index (χ0) is 15.2. The second-order valence-corrected chi connectivity index (χ2v) is 5.58. The Morgan fingerprint density at radius 2 is 1.95 bits per heavy atom. The summed E-state index contributed by atoms with van der Waals surface area (Å²) in [6, 6.07) is 6.91. The lowest BCUT2D eigenvalue weighted by atomic mass is 10.1. The first kappa shape index (κ1) is 15.9. The van der Waals surface area contributed by atoms with Crippen molar-refractivity contribution in [3.8, 4) is 5.75 Å². The monoisotopic (exact) mass is 293 g/mol. The van der Waals surface area contributed by atoms with Crippen molar-refractivity contribution in [1.29, 1.82) is 0 Å². The fraction of sp³-hybridized carbons (Fsp3) is 0.562. The molecule has 0 amide bonds. The summed E-state index contributed by atoms with van der Waals surface area (Å²) in [5.41, 5.74) is 0.648. The van der Waals surface area contributed by atoms with Crippen molar-refractivity contribution in [2.75, 3.05) is 26.2 Å². The molecule has 5 nitrogen and oxygen atoms in total. The summed E-state index contributed by atoms with van der Waals surface area (Å²) in [4.78, 5) is 13.3. The van der Waals surface area contributed by atoms with Crippen LogP contribution in [0.3, 0.4) is 0 Å². The normalized spacial score (nSPS) is 18.4. The lowest BCUT2D eigenvalue weighted by molar-refractivity contribution is 0.0337. The topological polar surface area (TPSA) is 70.0 Å².